The molecule has 2 bridgehead atoms. The predicted molar refractivity (Wildman–Crippen MR) is 78.3 cm³/mol. The zero-order valence-corrected chi connectivity index (χ0v) is 12.1. The van der Waals surface area contributed by atoms with Crippen molar-refractivity contribution < 1.29 is 4.74 Å². The van der Waals surface area contributed by atoms with Crippen LogP contribution in [0, 0.1) is 11.8 Å². The third kappa shape index (κ3) is 3.11. The molecule has 0 heterocycles. The molecule has 2 nitrogen and oxygen atoms in total. The van der Waals surface area contributed by atoms with Crippen molar-refractivity contribution in [1.29, 1.82) is 0 Å². The van der Waals surface area contributed by atoms with E-state index in [2.05, 4.69) is 43.4 Å². The molecule has 0 spiro atoms. The summed E-state index contributed by atoms with van der Waals surface area (Å²) in [4.78, 5) is 0. The highest BCUT2D eigenvalue weighted by Gasteiger charge is 2.38. The van der Waals surface area contributed by atoms with Crippen LogP contribution in [0.1, 0.15) is 45.1 Å². The Morgan fingerprint density at radius 2 is 1.95 bits per heavy atom. The van der Waals surface area contributed by atoms with Crippen LogP contribution in [-0.2, 0) is 6.54 Å². The summed E-state index contributed by atoms with van der Waals surface area (Å²) in [5, 5.41) is 3.75. The van der Waals surface area contributed by atoms with Crippen molar-refractivity contribution in [2.45, 2.75) is 58.2 Å². The second-order valence-electron chi connectivity index (χ2n) is 6.47. The van der Waals surface area contributed by atoms with Gasteiger partial charge in [0, 0.05) is 12.6 Å². The fraction of sp³-hybridized carbons (Fsp3) is 0.647. The van der Waals surface area contributed by atoms with Gasteiger partial charge in [-0.25, -0.2) is 0 Å². The van der Waals surface area contributed by atoms with Crippen LogP contribution in [0.2, 0.25) is 0 Å². The number of fused-ring (bicyclic) bond motifs is 2. The fourth-order valence-corrected chi connectivity index (χ4v) is 3.70. The number of hydrogen-bond acceptors (Lipinski definition) is 2. The second-order valence-corrected chi connectivity index (χ2v) is 6.47. The van der Waals surface area contributed by atoms with E-state index in [9.17, 15) is 0 Å². The van der Waals surface area contributed by atoms with Crippen LogP contribution >= 0.6 is 0 Å². The van der Waals surface area contributed by atoms with Gasteiger partial charge >= 0.3 is 0 Å². The van der Waals surface area contributed by atoms with Crippen molar-refractivity contribution in [2.24, 2.45) is 11.8 Å². The Kier molecular flexibility index (Phi) is 3.79. The molecule has 0 radical (unpaired) electrons. The maximum atomic E-state index is 5.67. The van der Waals surface area contributed by atoms with E-state index < -0.39 is 0 Å². The molecule has 1 aromatic carbocycles. The standard InChI is InChI=1S/C17H25NO/c1-12(2)19-16-7-4-13(5-8-16)11-18-17-10-14-3-6-15(17)9-14/h4-5,7-8,12,14-15,17-18H,3,6,9-11H2,1-2H3. The van der Waals surface area contributed by atoms with E-state index in [4.69, 9.17) is 4.74 Å². The fourth-order valence-electron chi connectivity index (χ4n) is 3.70. The van der Waals surface area contributed by atoms with Gasteiger partial charge in [0.15, 0.2) is 0 Å². The minimum atomic E-state index is 0.248. The van der Waals surface area contributed by atoms with Crippen molar-refractivity contribution in [3.05, 3.63) is 29.8 Å². The molecule has 1 aromatic rings. The summed E-state index contributed by atoms with van der Waals surface area (Å²) in [6.07, 6.45) is 6.05. The summed E-state index contributed by atoms with van der Waals surface area (Å²) in [5.74, 6) is 2.94. The SMILES string of the molecule is CC(C)Oc1ccc(CNC2CC3CCC2C3)cc1. The summed E-state index contributed by atoms with van der Waals surface area (Å²) in [7, 11) is 0. The van der Waals surface area contributed by atoms with Gasteiger partial charge in [0.05, 0.1) is 6.10 Å². The second kappa shape index (κ2) is 5.54. The zero-order valence-electron chi connectivity index (χ0n) is 12.1. The first-order valence-corrected chi connectivity index (χ1v) is 7.69. The van der Waals surface area contributed by atoms with Crippen molar-refractivity contribution in [3.8, 4) is 5.75 Å². The summed E-state index contributed by atoms with van der Waals surface area (Å²) in [6, 6.07) is 9.29. The molecule has 3 unspecified atom stereocenters. The zero-order chi connectivity index (χ0) is 13.2. The van der Waals surface area contributed by atoms with Gasteiger partial charge in [0.25, 0.3) is 0 Å². The average Bonchev–Trinajstić information content (AvgIpc) is 2.99. The van der Waals surface area contributed by atoms with E-state index in [1.807, 2.05) is 0 Å². The average molecular weight is 259 g/mol. The third-order valence-corrected chi connectivity index (χ3v) is 4.60. The molecule has 2 aliphatic carbocycles. The molecule has 104 valence electrons. The molecule has 2 aliphatic rings. The lowest BCUT2D eigenvalue weighted by Gasteiger charge is -2.23. The number of ether oxygens (including phenoxy) is 1. The highest BCUT2D eigenvalue weighted by atomic mass is 16.5. The lowest BCUT2D eigenvalue weighted by molar-refractivity contribution is 0.242. The Labute approximate surface area is 116 Å². The maximum absolute atomic E-state index is 5.67. The highest BCUT2D eigenvalue weighted by molar-refractivity contribution is 5.27. The Hall–Kier alpha value is -1.02. The van der Waals surface area contributed by atoms with E-state index in [1.54, 1.807) is 0 Å². The highest BCUT2D eigenvalue weighted by Crippen LogP contribution is 2.44. The molecule has 3 atom stereocenters. The van der Waals surface area contributed by atoms with Crippen LogP contribution in [0.3, 0.4) is 0 Å². The normalized spacial score (nSPS) is 29.1. The van der Waals surface area contributed by atoms with Crippen LogP contribution in [0.4, 0.5) is 0 Å². The van der Waals surface area contributed by atoms with Gasteiger partial charge in [-0.05, 0) is 62.6 Å². The molecular weight excluding hydrogens is 234 g/mol. The molecule has 1 N–H and O–H groups in total. The van der Waals surface area contributed by atoms with Crippen LogP contribution < -0.4 is 10.1 Å². The number of nitrogens with one attached hydrogen (secondary N) is 1. The van der Waals surface area contributed by atoms with E-state index in [1.165, 1.54) is 31.2 Å². The number of benzene rings is 1. The summed E-state index contributed by atoms with van der Waals surface area (Å²) >= 11 is 0. The molecule has 0 amide bonds. The van der Waals surface area contributed by atoms with Crippen LogP contribution in [0.15, 0.2) is 24.3 Å². The summed E-state index contributed by atoms with van der Waals surface area (Å²) < 4.78 is 5.67. The third-order valence-electron chi connectivity index (χ3n) is 4.60. The molecule has 19 heavy (non-hydrogen) atoms. The van der Waals surface area contributed by atoms with Gasteiger partial charge < -0.3 is 10.1 Å². The van der Waals surface area contributed by atoms with E-state index in [0.29, 0.717) is 0 Å². The molecular formula is C17H25NO. The first-order chi connectivity index (χ1) is 9.20. The van der Waals surface area contributed by atoms with Crippen LogP contribution in [0.5, 0.6) is 5.75 Å². The van der Waals surface area contributed by atoms with Crippen molar-refractivity contribution in [2.75, 3.05) is 0 Å². The monoisotopic (exact) mass is 259 g/mol. The van der Waals surface area contributed by atoms with Gasteiger partial charge in [-0.2, -0.15) is 0 Å². The predicted octanol–water partition coefficient (Wildman–Crippen LogP) is 3.75. The van der Waals surface area contributed by atoms with Crippen molar-refractivity contribution in [3.63, 3.8) is 0 Å². The molecule has 0 aromatic heterocycles. The Morgan fingerprint density at radius 3 is 2.53 bits per heavy atom. The lowest BCUT2D eigenvalue weighted by Crippen LogP contribution is -2.33. The van der Waals surface area contributed by atoms with Gasteiger partial charge in [-0.1, -0.05) is 18.6 Å². The first kappa shape index (κ1) is 13.0. The van der Waals surface area contributed by atoms with Gasteiger partial charge in [0.2, 0.25) is 0 Å². The van der Waals surface area contributed by atoms with Gasteiger partial charge in [-0.15, -0.1) is 0 Å². The summed E-state index contributed by atoms with van der Waals surface area (Å²) in [5.41, 5.74) is 1.36. The molecule has 3 rings (SSSR count). The van der Waals surface area contributed by atoms with Crippen molar-refractivity contribution >= 4 is 0 Å². The Bertz CT molecular complexity index is 412. The van der Waals surface area contributed by atoms with Gasteiger partial charge in [0.1, 0.15) is 5.75 Å². The minimum Gasteiger partial charge on any atom is -0.491 e. The van der Waals surface area contributed by atoms with Crippen molar-refractivity contribution in [1.82, 2.24) is 5.32 Å². The smallest absolute Gasteiger partial charge is 0.119 e. The largest absolute Gasteiger partial charge is 0.491 e. The lowest BCUT2D eigenvalue weighted by atomic mass is 9.95. The van der Waals surface area contributed by atoms with Crippen LogP contribution in [0.25, 0.3) is 0 Å². The topological polar surface area (TPSA) is 21.3 Å². The van der Waals surface area contributed by atoms with Crippen LogP contribution in [-0.4, -0.2) is 12.1 Å². The molecule has 2 heteroatoms. The van der Waals surface area contributed by atoms with E-state index >= 15 is 0 Å². The number of rotatable bonds is 5. The molecule has 0 aliphatic heterocycles. The first-order valence-electron chi connectivity index (χ1n) is 7.69. The number of hydrogen-bond donors (Lipinski definition) is 1. The Balaban J connectivity index is 1.50. The molecule has 2 fully saturated rings. The summed E-state index contributed by atoms with van der Waals surface area (Å²) in [6.45, 7) is 5.12. The minimum absolute atomic E-state index is 0.248. The Morgan fingerprint density at radius 1 is 1.16 bits per heavy atom. The molecule has 2 saturated carbocycles. The quantitative estimate of drug-likeness (QED) is 0.869. The van der Waals surface area contributed by atoms with Gasteiger partial charge in [-0.3, -0.25) is 0 Å². The maximum Gasteiger partial charge on any atom is 0.119 e. The molecule has 0 saturated heterocycles. The van der Waals surface area contributed by atoms with E-state index in [-0.39, 0.29) is 6.10 Å². The van der Waals surface area contributed by atoms with E-state index in [0.717, 1.165) is 30.2 Å².